The minimum Gasteiger partial charge on any atom is -0.387 e. The van der Waals surface area contributed by atoms with Crippen molar-refractivity contribution in [3.63, 3.8) is 0 Å². The Labute approximate surface area is 140 Å². The van der Waals surface area contributed by atoms with Gasteiger partial charge < -0.3 is 14.9 Å². The van der Waals surface area contributed by atoms with E-state index in [1.165, 1.54) is 0 Å². The third-order valence-corrected chi connectivity index (χ3v) is 4.19. The van der Waals surface area contributed by atoms with Crippen molar-refractivity contribution in [3.8, 4) is 0 Å². The lowest BCUT2D eigenvalue weighted by atomic mass is 10.0. The molecule has 124 valence electrons. The summed E-state index contributed by atoms with van der Waals surface area (Å²) in [5.74, 6) is 0.487. The van der Waals surface area contributed by atoms with Crippen molar-refractivity contribution in [3.05, 3.63) is 65.0 Å². The van der Waals surface area contributed by atoms with Crippen LogP contribution < -0.4 is 5.32 Å². The van der Waals surface area contributed by atoms with E-state index in [-0.39, 0.29) is 18.9 Å². The van der Waals surface area contributed by atoms with Gasteiger partial charge in [0.05, 0.1) is 18.2 Å². The number of carbonyl (C=O) groups excluding carboxylic acids is 1. The topological polar surface area (TPSA) is 75.4 Å². The molecule has 2 aromatic carbocycles. The number of rotatable bonds is 5. The molecule has 5 heteroatoms. The Bertz CT molecular complexity index is 845. The SMILES string of the molecule is Cc1noc(C)c1CC(=O)NC[C@H](O)c1cccc2ccccc12. The van der Waals surface area contributed by atoms with Gasteiger partial charge in [0, 0.05) is 12.1 Å². The van der Waals surface area contributed by atoms with Crippen LogP contribution in [-0.2, 0) is 11.2 Å². The average Bonchev–Trinajstić information content (AvgIpc) is 2.91. The number of aryl methyl sites for hydroxylation is 2. The van der Waals surface area contributed by atoms with Crippen molar-refractivity contribution in [1.82, 2.24) is 10.5 Å². The van der Waals surface area contributed by atoms with E-state index < -0.39 is 6.10 Å². The molecule has 0 saturated heterocycles. The summed E-state index contributed by atoms with van der Waals surface area (Å²) in [6, 6.07) is 13.7. The Morgan fingerprint density at radius 1 is 1.21 bits per heavy atom. The van der Waals surface area contributed by atoms with Crippen LogP contribution in [0, 0.1) is 13.8 Å². The molecule has 0 saturated carbocycles. The summed E-state index contributed by atoms with van der Waals surface area (Å²) in [5, 5.41) is 19.1. The third kappa shape index (κ3) is 3.31. The van der Waals surface area contributed by atoms with Crippen LogP contribution >= 0.6 is 0 Å². The molecule has 2 N–H and O–H groups in total. The second kappa shape index (κ2) is 6.84. The number of fused-ring (bicyclic) bond motifs is 1. The summed E-state index contributed by atoms with van der Waals surface area (Å²) in [6.45, 7) is 3.76. The number of nitrogens with one attached hydrogen (secondary N) is 1. The summed E-state index contributed by atoms with van der Waals surface area (Å²) in [5.41, 5.74) is 2.33. The Hall–Kier alpha value is -2.66. The Balaban J connectivity index is 1.66. The standard InChI is InChI=1S/C19H20N2O3/c1-12-17(13(2)24-21-12)10-19(23)20-11-18(22)16-9-5-7-14-6-3-4-8-15(14)16/h3-9,18,22H,10-11H2,1-2H3,(H,20,23)/t18-/m0/s1. The lowest BCUT2D eigenvalue weighted by Crippen LogP contribution is -2.30. The van der Waals surface area contributed by atoms with Crippen LogP contribution in [0.2, 0.25) is 0 Å². The number of aliphatic hydroxyl groups excluding tert-OH is 1. The minimum atomic E-state index is -0.760. The second-order valence-corrected chi connectivity index (χ2v) is 5.87. The van der Waals surface area contributed by atoms with E-state index in [0.29, 0.717) is 5.76 Å². The van der Waals surface area contributed by atoms with E-state index in [0.717, 1.165) is 27.6 Å². The van der Waals surface area contributed by atoms with Gasteiger partial charge in [-0.2, -0.15) is 0 Å². The van der Waals surface area contributed by atoms with E-state index in [2.05, 4.69) is 10.5 Å². The number of hydrogen-bond acceptors (Lipinski definition) is 4. The predicted molar refractivity (Wildman–Crippen MR) is 91.6 cm³/mol. The fourth-order valence-electron chi connectivity index (χ4n) is 2.84. The molecule has 0 aliphatic heterocycles. The van der Waals surface area contributed by atoms with Crippen molar-refractivity contribution in [1.29, 1.82) is 0 Å². The Morgan fingerprint density at radius 2 is 1.96 bits per heavy atom. The normalized spacial score (nSPS) is 12.3. The molecule has 3 aromatic rings. The monoisotopic (exact) mass is 324 g/mol. The average molecular weight is 324 g/mol. The molecule has 0 aliphatic carbocycles. The van der Waals surface area contributed by atoms with Crippen molar-refractivity contribution < 1.29 is 14.4 Å². The van der Waals surface area contributed by atoms with Gasteiger partial charge in [0.1, 0.15) is 5.76 Å². The van der Waals surface area contributed by atoms with Crippen molar-refractivity contribution in [2.45, 2.75) is 26.4 Å². The van der Waals surface area contributed by atoms with E-state index in [1.807, 2.05) is 49.4 Å². The van der Waals surface area contributed by atoms with Crippen molar-refractivity contribution >= 4 is 16.7 Å². The number of aromatic nitrogens is 1. The fourth-order valence-corrected chi connectivity index (χ4v) is 2.84. The number of amides is 1. The van der Waals surface area contributed by atoms with Crippen LogP contribution in [0.4, 0.5) is 0 Å². The van der Waals surface area contributed by atoms with Gasteiger partial charge in [0.25, 0.3) is 0 Å². The van der Waals surface area contributed by atoms with Crippen molar-refractivity contribution in [2.75, 3.05) is 6.54 Å². The molecule has 0 spiro atoms. The molecule has 0 bridgehead atoms. The smallest absolute Gasteiger partial charge is 0.224 e. The van der Waals surface area contributed by atoms with Crippen LogP contribution in [0.1, 0.15) is 28.7 Å². The highest BCUT2D eigenvalue weighted by atomic mass is 16.5. The zero-order valence-electron chi connectivity index (χ0n) is 13.7. The van der Waals surface area contributed by atoms with Gasteiger partial charge in [-0.1, -0.05) is 47.6 Å². The van der Waals surface area contributed by atoms with Gasteiger partial charge in [-0.15, -0.1) is 0 Å². The molecule has 3 rings (SSSR count). The van der Waals surface area contributed by atoms with Crippen LogP contribution in [0.3, 0.4) is 0 Å². The minimum absolute atomic E-state index is 0.163. The van der Waals surface area contributed by atoms with E-state index in [9.17, 15) is 9.90 Å². The van der Waals surface area contributed by atoms with Gasteiger partial charge in [0.15, 0.2) is 0 Å². The Morgan fingerprint density at radius 3 is 2.71 bits per heavy atom. The third-order valence-electron chi connectivity index (χ3n) is 4.19. The summed E-state index contributed by atoms with van der Waals surface area (Å²) in [7, 11) is 0. The number of hydrogen-bond donors (Lipinski definition) is 2. The molecule has 0 aliphatic rings. The van der Waals surface area contributed by atoms with Gasteiger partial charge in [-0.05, 0) is 30.2 Å². The highest BCUT2D eigenvalue weighted by Gasteiger charge is 2.16. The molecule has 1 heterocycles. The number of benzene rings is 2. The lowest BCUT2D eigenvalue weighted by molar-refractivity contribution is -0.120. The fraction of sp³-hybridized carbons (Fsp3) is 0.263. The first-order chi connectivity index (χ1) is 11.6. The second-order valence-electron chi connectivity index (χ2n) is 5.87. The summed E-state index contributed by atoms with van der Waals surface area (Å²) in [4.78, 5) is 12.1. The Kier molecular flexibility index (Phi) is 4.62. The van der Waals surface area contributed by atoms with E-state index >= 15 is 0 Å². The van der Waals surface area contributed by atoms with Gasteiger partial charge in [0.2, 0.25) is 5.91 Å². The summed E-state index contributed by atoms with van der Waals surface area (Å²) >= 11 is 0. The summed E-state index contributed by atoms with van der Waals surface area (Å²) < 4.78 is 5.06. The van der Waals surface area contributed by atoms with Crippen LogP contribution in [0.5, 0.6) is 0 Å². The van der Waals surface area contributed by atoms with Crippen LogP contribution in [0.25, 0.3) is 10.8 Å². The maximum absolute atomic E-state index is 12.1. The zero-order valence-corrected chi connectivity index (χ0v) is 13.7. The van der Waals surface area contributed by atoms with Gasteiger partial charge >= 0.3 is 0 Å². The molecule has 1 atom stereocenters. The highest BCUT2D eigenvalue weighted by Crippen LogP contribution is 2.23. The first-order valence-corrected chi connectivity index (χ1v) is 7.90. The summed E-state index contributed by atoms with van der Waals surface area (Å²) in [6.07, 6.45) is -0.562. The highest BCUT2D eigenvalue weighted by molar-refractivity contribution is 5.86. The molecular formula is C19H20N2O3. The van der Waals surface area contributed by atoms with Gasteiger partial charge in [-0.25, -0.2) is 0 Å². The molecule has 1 aromatic heterocycles. The number of nitrogens with zero attached hydrogens (tertiary/aromatic N) is 1. The molecule has 5 nitrogen and oxygen atoms in total. The van der Waals surface area contributed by atoms with Crippen molar-refractivity contribution in [2.24, 2.45) is 0 Å². The largest absolute Gasteiger partial charge is 0.387 e. The molecule has 0 unspecified atom stereocenters. The quantitative estimate of drug-likeness (QED) is 0.757. The lowest BCUT2D eigenvalue weighted by Gasteiger charge is -2.14. The number of carbonyl (C=O) groups is 1. The maximum atomic E-state index is 12.1. The molecule has 0 fully saturated rings. The number of aliphatic hydroxyl groups is 1. The molecule has 24 heavy (non-hydrogen) atoms. The van der Waals surface area contributed by atoms with E-state index in [4.69, 9.17) is 4.52 Å². The first kappa shape index (κ1) is 16.2. The van der Waals surface area contributed by atoms with Crippen LogP contribution in [0.15, 0.2) is 47.0 Å². The zero-order chi connectivity index (χ0) is 17.1. The van der Waals surface area contributed by atoms with Gasteiger partial charge in [-0.3, -0.25) is 4.79 Å². The first-order valence-electron chi connectivity index (χ1n) is 7.90. The van der Waals surface area contributed by atoms with E-state index in [1.54, 1.807) is 6.92 Å². The predicted octanol–water partition coefficient (Wildman–Crippen LogP) is 2.84. The molecule has 1 amide bonds. The maximum Gasteiger partial charge on any atom is 0.224 e. The molecular weight excluding hydrogens is 304 g/mol. The van der Waals surface area contributed by atoms with Crippen LogP contribution in [-0.4, -0.2) is 22.7 Å². The molecule has 0 radical (unpaired) electrons.